The summed E-state index contributed by atoms with van der Waals surface area (Å²) in [6, 6.07) is -0.856. The van der Waals surface area contributed by atoms with E-state index in [9.17, 15) is 19.0 Å². The molecule has 468 valence electrons. The highest BCUT2D eigenvalue weighted by Crippen LogP contribution is 2.43. The molecule has 0 aliphatic rings. The van der Waals surface area contributed by atoms with Gasteiger partial charge in [0.15, 0.2) is 0 Å². The molecule has 0 aromatic carbocycles. The second-order valence-electron chi connectivity index (χ2n) is 24.3. The number of esters is 1. The molecule has 9 nitrogen and oxygen atoms in total. The third kappa shape index (κ3) is 60.3. The molecule has 80 heavy (non-hydrogen) atoms. The number of amides is 1. The number of nitrogens with one attached hydrogen (secondary N) is 1. The Morgan fingerprint density at radius 3 is 1.19 bits per heavy atom. The Bertz CT molecular complexity index is 1550. The van der Waals surface area contributed by atoms with Crippen LogP contribution in [0.3, 0.4) is 0 Å². The number of ether oxygens (including phenoxy) is 1. The number of hydrogen-bond donors (Lipinski definition) is 2. The Hall–Kier alpha value is -2.29. The van der Waals surface area contributed by atoms with Crippen molar-refractivity contribution in [1.29, 1.82) is 0 Å². The van der Waals surface area contributed by atoms with Crippen molar-refractivity contribution in [3.05, 3.63) is 60.8 Å². The van der Waals surface area contributed by atoms with Crippen LogP contribution < -0.4 is 5.32 Å². The molecule has 1 amide bonds. The van der Waals surface area contributed by atoms with Crippen LogP contribution in [0.5, 0.6) is 0 Å². The van der Waals surface area contributed by atoms with Crippen molar-refractivity contribution in [1.82, 2.24) is 5.32 Å². The van der Waals surface area contributed by atoms with Crippen molar-refractivity contribution in [3.63, 3.8) is 0 Å². The molecule has 0 radical (unpaired) electrons. The summed E-state index contributed by atoms with van der Waals surface area (Å²) in [6.45, 7) is 7.00. The molecule has 0 heterocycles. The Morgan fingerprint density at radius 1 is 0.438 bits per heavy atom. The molecule has 0 aromatic heterocycles. The van der Waals surface area contributed by atoms with E-state index in [4.69, 9.17) is 13.8 Å². The zero-order chi connectivity index (χ0) is 58.6. The van der Waals surface area contributed by atoms with Crippen molar-refractivity contribution < 1.29 is 37.3 Å². The third-order valence-electron chi connectivity index (χ3n) is 15.2. The minimum atomic E-state index is -4.45. The largest absolute Gasteiger partial charge is 0.472 e. The van der Waals surface area contributed by atoms with Gasteiger partial charge in [-0.3, -0.25) is 18.6 Å². The van der Waals surface area contributed by atoms with Crippen LogP contribution >= 0.6 is 7.82 Å². The molecule has 3 unspecified atom stereocenters. The molecule has 0 spiro atoms. The van der Waals surface area contributed by atoms with Gasteiger partial charge >= 0.3 is 13.8 Å². The number of likely N-dealkylation sites (N-methyl/N-ethyl adjacent to an activating group) is 1. The highest BCUT2D eigenvalue weighted by Gasteiger charge is 2.30. The summed E-state index contributed by atoms with van der Waals surface area (Å²) in [4.78, 5) is 37.8. The van der Waals surface area contributed by atoms with Gasteiger partial charge in [0.25, 0.3) is 0 Å². The van der Waals surface area contributed by atoms with E-state index in [1.54, 1.807) is 0 Å². The maximum Gasteiger partial charge on any atom is 0.472 e. The zero-order valence-electron chi connectivity index (χ0n) is 53.6. The monoisotopic (exact) mass is 1140 g/mol. The summed E-state index contributed by atoms with van der Waals surface area (Å²) >= 11 is 0. The molecule has 0 aliphatic heterocycles. The van der Waals surface area contributed by atoms with Crippen LogP contribution in [0.25, 0.3) is 0 Å². The van der Waals surface area contributed by atoms with Gasteiger partial charge in [-0.15, -0.1) is 0 Å². The van der Waals surface area contributed by atoms with Crippen LogP contribution in [0.15, 0.2) is 60.8 Å². The third-order valence-corrected chi connectivity index (χ3v) is 16.2. The van der Waals surface area contributed by atoms with Crippen LogP contribution in [-0.4, -0.2) is 74.3 Å². The van der Waals surface area contributed by atoms with Crippen LogP contribution in [0.1, 0.15) is 323 Å². The predicted molar refractivity (Wildman–Crippen MR) is 346 cm³/mol. The molecule has 10 heteroatoms. The predicted octanol–water partition coefficient (Wildman–Crippen LogP) is 21.4. The molecule has 0 fully saturated rings. The number of hydrogen-bond acceptors (Lipinski definition) is 6. The van der Waals surface area contributed by atoms with Crippen molar-refractivity contribution in [2.45, 2.75) is 335 Å². The average Bonchev–Trinajstić information content (AvgIpc) is 3.42. The van der Waals surface area contributed by atoms with Gasteiger partial charge in [-0.2, -0.15) is 0 Å². The van der Waals surface area contributed by atoms with E-state index in [0.29, 0.717) is 17.4 Å². The fourth-order valence-corrected chi connectivity index (χ4v) is 10.6. The topological polar surface area (TPSA) is 111 Å². The lowest BCUT2D eigenvalue weighted by Crippen LogP contribution is -2.47. The normalized spacial score (nSPS) is 13.9. The summed E-state index contributed by atoms with van der Waals surface area (Å²) in [6.07, 6.45) is 76.6. The quantitative estimate of drug-likeness (QED) is 0.0205. The molecular formula is C70H132N2O7P+. The Kier molecular flexibility index (Phi) is 58.1. The van der Waals surface area contributed by atoms with Crippen LogP contribution in [-0.2, 0) is 27.9 Å². The molecule has 0 saturated carbocycles. The number of phosphoric ester groups is 1. The lowest BCUT2D eigenvalue weighted by atomic mass is 10.0. The standard InChI is InChI=1S/C70H131N2O7P/c1-7-10-13-16-19-22-25-28-30-31-32-33-34-35-36-37-38-39-40-41-42-45-48-51-54-57-60-63-70(74)79-68(61-58-55-52-49-46-43-27-24-21-18-15-12-9-3)67(66-78-80(75,76)77-65-64-72(4,5)6)71-69(73)62-59-56-53-50-47-44-29-26-23-20-17-14-11-8-2/h19,22,28,30,32-33,44,47,58,61,67-68H,7-18,20-21,23-27,29,31,34-43,45-46,48-57,59-60,62-66H2,1-6H3,(H-,71,73,75,76)/p+1/b22-19-,30-28-,33-32-,47-44-,61-58-. The van der Waals surface area contributed by atoms with Crippen molar-refractivity contribution >= 4 is 19.7 Å². The van der Waals surface area contributed by atoms with E-state index in [2.05, 4.69) is 74.7 Å². The summed E-state index contributed by atoms with van der Waals surface area (Å²) in [5, 5.41) is 3.05. The highest BCUT2D eigenvalue weighted by molar-refractivity contribution is 7.47. The first-order valence-electron chi connectivity index (χ1n) is 34.1. The number of nitrogens with zero attached hydrogens (tertiary/aromatic N) is 1. The van der Waals surface area contributed by atoms with Gasteiger partial charge in [0, 0.05) is 12.8 Å². The molecule has 0 saturated heterocycles. The molecule has 0 rings (SSSR count). The number of unbranched alkanes of at least 4 members (excludes halogenated alkanes) is 38. The van der Waals surface area contributed by atoms with Crippen molar-refractivity contribution in [3.8, 4) is 0 Å². The minimum absolute atomic E-state index is 0.0377. The van der Waals surface area contributed by atoms with Crippen LogP contribution in [0.2, 0.25) is 0 Å². The summed E-state index contributed by atoms with van der Waals surface area (Å²) in [7, 11) is 1.49. The fourth-order valence-electron chi connectivity index (χ4n) is 9.88. The molecule has 0 aromatic rings. The summed E-state index contributed by atoms with van der Waals surface area (Å²) in [5.74, 6) is -0.514. The average molecular weight is 1140 g/mol. The molecule has 0 aliphatic carbocycles. The molecular weight excluding hydrogens is 1010 g/mol. The number of quaternary nitrogens is 1. The van der Waals surface area contributed by atoms with E-state index in [0.717, 1.165) is 83.5 Å². The van der Waals surface area contributed by atoms with Crippen molar-refractivity contribution in [2.24, 2.45) is 0 Å². The first kappa shape index (κ1) is 77.7. The van der Waals surface area contributed by atoms with Crippen LogP contribution in [0, 0.1) is 0 Å². The minimum Gasteiger partial charge on any atom is -0.456 e. The zero-order valence-corrected chi connectivity index (χ0v) is 54.5. The fraction of sp³-hybridized carbons (Fsp3) is 0.829. The van der Waals surface area contributed by atoms with Gasteiger partial charge in [0.05, 0.1) is 33.8 Å². The van der Waals surface area contributed by atoms with Gasteiger partial charge in [-0.25, -0.2) is 4.57 Å². The number of allylic oxidation sites excluding steroid dienone is 9. The van der Waals surface area contributed by atoms with Gasteiger partial charge in [0.1, 0.15) is 19.3 Å². The van der Waals surface area contributed by atoms with Gasteiger partial charge in [-0.1, -0.05) is 275 Å². The number of rotatable bonds is 62. The molecule has 0 bridgehead atoms. The first-order valence-corrected chi connectivity index (χ1v) is 35.6. The number of carbonyl (C=O) groups excluding carboxylic acids is 2. The highest BCUT2D eigenvalue weighted by atomic mass is 31.2. The lowest BCUT2D eigenvalue weighted by molar-refractivity contribution is -0.870. The van der Waals surface area contributed by atoms with E-state index >= 15 is 0 Å². The van der Waals surface area contributed by atoms with Crippen molar-refractivity contribution in [2.75, 3.05) is 40.9 Å². The van der Waals surface area contributed by atoms with Gasteiger partial charge < -0.3 is 19.4 Å². The number of phosphoric acid groups is 1. The van der Waals surface area contributed by atoms with E-state index in [1.165, 1.54) is 205 Å². The number of carbonyl (C=O) groups is 2. The maximum absolute atomic E-state index is 13.5. The van der Waals surface area contributed by atoms with Gasteiger partial charge in [-0.05, 0) is 96.0 Å². The maximum atomic E-state index is 13.5. The SMILES string of the molecule is CCCCC/C=C\C/C=C\C/C=C\CCCCCCCCCCCCCCCCC(=O)OC(/C=C\CCCCCCCCCCCCC)C(COP(=O)(O)OCC[N+](C)(C)C)NC(=O)CCCCC/C=C\CCCCCCCCC. The summed E-state index contributed by atoms with van der Waals surface area (Å²) < 4.78 is 30.8. The second-order valence-corrected chi connectivity index (χ2v) is 25.8. The smallest absolute Gasteiger partial charge is 0.456 e. The van der Waals surface area contributed by atoms with E-state index in [-0.39, 0.29) is 31.5 Å². The molecule has 3 atom stereocenters. The Labute approximate surface area is 496 Å². The van der Waals surface area contributed by atoms with Gasteiger partial charge in [0.2, 0.25) is 5.91 Å². The second kappa shape index (κ2) is 59.9. The lowest BCUT2D eigenvalue weighted by Gasteiger charge is -2.27. The van der Waals surface area contributed by atoms with E-state index in [1.807, 2.05) is 33.3 Å². The van der Waals surface area contributed by atoms with E-state index < -0.39 is 20.0 Å². The van der Waals surface area contributed by atoms with Crippen LogP contribution in [0.4, 0.5) is 0 Å². The molecule has 2 N–H and O–H groups in total. The Morgan fingerprint density at radius 2 is 0.762 bits per heavy atom. The summed E-state index contributed by atoms with van der Waals surface area (Å²) in [5.41, 5.74) is 0. The first-order chi connectivity index (χ1) is 38.9. The Balaban J connectivity index is 5.06.